The van der Waals surface area contributed by atoms with Crippen molar-refractivity contribution in [3.05, 3.63) is 48.0 Å². The molecule has 4 nitrogen and oxygen atoms in total. The van der Waals surface area contributed by atoms with Crippen molar-refractivity contribution < 1.29 is 0 Å². The van der Waals surface area contributed by atoms with Gasteiger partial charge in [0.2, 0.25) is 0 Å². The molecule has 0 spiro atoms. The van der Waals surface area contributed by atoms with Gasteiger partial charge in [0.05, 0.1) is 5.69 Å². The number of fused-ring (bicyclic) bond motifs is 1. The summed E-state index contributed by atoms with van der Waals surface area (Å²) in [7, 11) is 0. The van der Waals surface area contributed by atoms with E-state index in [-0.39, 0.29) is 0 Å². The summed E-state index contributed by atoms with van der Waals surface area (Å²) >= 11 is 1.49. The number of aromatic nitrogens is 3. The second-order valence-electron chi connectivity index (χ2n) is 4.61. The van der Waals surface area contributed by atoms with Gasteiger partial charge in [-0.1, -0.05) is 6.07 Å². The zero-order valence-electron chi connectivity index (χ0n) is 11.3. The van der Waals surface area contributed by atoms with Crippen LogP contribution in [-0.4, -0.2) is 15.0 Å². The van der Waals surface area contributed by atoms with Crippen molar-refractivity contribution in [2.24, 2.45) is 0 Å². The minimum atomic E-state index is 0.725. The van der Waals surface area contributed by atoms with Crippen LogP contribution in [-0.2, 0) is 0 Å². The molecule has 0 saturated heterocycles. The van der Waals surface area contributed by atoms with E-state index >= 15 is 0 Å². The number of pyridine rings is 1. The van der Waals surface area contributed by atoms with Crippen molar-refractivity contribution >= 4 is 28.2 Å². The first-order chi connectivity index (χ1) is 9.63. The predicted octanol–water partition coefficient (Wildman–Crippen LogP) is 3.38. The minimum absolute atomic E-state index is 0.725. The van der Waals surface area contributed by atoms with Crippen LogP contribution >= 0.6 is 11.8 Å². The predicted molar refractivity (Wildman–Crippen MR) is 81.8 cm³/mol. The van der Waals surface area contributed by atoms with E-state index in [4.69, 9.17) is 5.73 Å². The fourth-order valence-corrected chi connectivity index (χ4v) is 3.03. The third-order valence-electron chi connectivity index (χ3n) is 2.98. The van der Waals surface area contributed by atoms with Crippen LogP contribution in [0.15, 0.2) is 46.7 Å². The molecule has 0 radical (unpaired) electrons. The van der Waals surface area contributed by atoms with Gasteiger partial charge in [-0.25, -0.2) is 9.97 Å². The Morgan fingerprint density at radius 2 is 1.80 bits per heavy atom. The summed E-state index contributed by atoms with van der Waals surface area (Å²) in [4.78, 5) is 13.9. The Hall–Kier alpha value is -2.14. The molecule has 1 aromatic carbocycles. The fourth-order valence-electron chi connectivity index (χ4n) is 2.10. The first-order valence-corrected chi connectivity index (χ1v) is 7.07. The Morgan fingerprint density at radius 3 is 2.55 bits per heavy atom. The molecule has 3 rings (SSSR count). The lowest BCUT2D eigenvalue weighted by molar-refractivity contribution is 0.902. The highest BCUT2D eigenvalue weighted by molar-refractivity contribution is 7.99. The fraction of sp³-hybridized carbons (Fsp3) is 0.133. The average Bonchev–Trinajstić information content (AvgIpc) is 2.41. The standard InChI is InChI=1S/C15H14N4S/c1-9-7-10(2)19-15(18-9)20-13-4-3-11-8-17-6-5-12(11)14(13)16/h3-8H,16H2,1-2H3. The summed E-state index contributed by atoms with van der Waals surface area (Å²) in [6.07, 6.45) is 3.56. The van der Waals surface area contributed by atoms with E-state index in [0.29, 0.717) is 0 Å². The number of benzene rings is 1. The molecule has 20 heavy (non-hydrogen) atoms. The highest BCUT2D eigenvalue weighted by Gasteiger charge is 2.08. The third-order valence-corrected chi connectivity index (χ3v) is 3.93. The summed E-state index contributed by atoms with van der Waals surface area (Å²) in [5, 5.41) is 2.77. The van der Waals surface area contributed by atoms with Crippen molar-refractivity contribution in [2.75, 3.05) is 5.73 Å². The van der Waals surface area contributed by atoms with Gasteiger partial charge in [0.1, 0.15) is 0 Å². The van der Waals surface area contributed by atoms with E-state index < -0.39 is 0 Å². The number of hydrogen-bond acceptors (Lipinski definition) is 5. The zero-order valence-corrected chi connectivity index (χ0v) is 12.1. The smallest absolute Gasteiger partial charge is 0.192 e. The maximum absolute atomic E-state index is 6.24. The molecule has 0 aliphatic heterocycles. The molecule has 2 N–H and O–H groups in total. The molecule has 0 fully saturated rings. The highest BCUT2D eigenvalue weighted by atomic mass is 32.2. The van der Waals surface area contributed by atoms with E-state index in [2.05, 4.69) is 15.0 Å². The quantitative estimate of drug-likeness (QED) is 0.576. The summed E-state index contributed by atoms with van der Waals surface area (Å²) in [6, 6.07) is 7.89. The Labute approximate surface area is 121 Å². The molecule has 0 aliphatic rings. The molecule has 0 bridgehead atoms. The lowest BCUT2D eigenvalue weighted by Crippen LogP contribution is -1.95. The van der Waals surface area contributed by atoms with Crippen LogP contribution < -0.4 is 5.73 Å². The number of anilines is 1. The molecule has 5 heteroatoms. The van der Waals surface area contributed by atoms with E-state index in [1.807, 2.05) is 44.3 Å². The molecule has 2 heterocycles. The van der Waals surface area contributed by atoms with Crippen LogP contribution in [0, 0.1) is 13.8 Å². The van der Waals surface area contributed by atoms with Crippen LogP contribution in [0.5, 0.6) is 0 Å². The lowest BCUT2D eigenvalue weighted by Gasteiger charge is -2.08. The Balaban J connectivity index is 2.04. The molecule has 0 unspecified atom stereocenters. The number of rotatable bonds is 2. The van der Waals surface area contributed by atoms with Crippen LogP contribution in [0.3, 0.4) is 0 Å². The molecule has 0 saturated carbocycles. The Bertz CT molecular complexity index is 766. The number of hydrogen-bond donors (Lipinski definition) is 1. The van der Waals surface area contributed by atoms with Crippen molar-refractivity contribution in [1.29, 1.82) is 0 Å². The van der Waals surface area contributed by atoms with Gasteiger partial charge in [0, 0.05) is 39.4 Å². The Morgan fingerprint density at radius 1 is 1.05 bits per heavy atom. The Kier molecular flexibility index (Phi) is 3.28. The van der Waals surface area contributed by atoms with Gasteiger partial charge in [0.15, 0.2) is 5.16 Å². The first-order valence-electron chi connectivity index (χ1n) is 6.26. The maximum atomic E-state index is 6.24. The summed E-state index contributed by atoms with van der Waals surface area (Å²) in [6.45, 7) is 3.93. The second-order valence-corrected chi connectivity index (χ2v) is 5.62. The zero-order chi connectivity index (χ0) is 14.1. The van der Waals surface area contributed by atoms with E-state index in [1.54, 1.807) is 6.20 Å². The van der Waals surface area contributed by atoms with E-state index in [9.17, 15) is 0 Å². The minimum Gasteiger partial charge on any atom is -0.397 e. The molecular formula is C15H14N4S. The van der Waals surface area contributed by atoms with Crippen LogP contribution in [0.2, 0.25) is 0 Å². The lowest BCUT2D eigenvalue weighted by atomic mass is 10.1. The highest BCUT2D eigenvalue weighted by Crippen LogP contribution is 2.34. The van der Waals surface area contributed by atoms with Crippen molar-refractivity contribution in [1.82, 2.24) is 15.0 Å². The summed E-state index contributed by atoms with van der Waals surface area (Å²) in [5.74, 6) is 0. The van der Waals surface area contributed by atoms with Crippen molar-refractivity contribution in [3.63, 3.8) is 0 Å². The second kappa shape index (κ2) is 5.09. The number of aryl methyl sites for hydroxylation is 2. The molecule has 2 aromatic heterocycles. The average molecular weight is 282 g/mol. The normalized spacial score (nSPS) is 10.9. The third kappa shape index (κ3) is 2.44. The van der Waals surface area contributed by atoms with Gasteiger partial charge in [-0.2, -0.15) is 0 Å². The number of nitrogens with two attached hydrogens (primary N) is 1. The monoisotopic (exact) mass is 282 g/mol. The molecule has 0 atom stereocenters. The van der Waals surface area contributed by atoms with Gasteiger partial charge < -0.3 is 5.73 Å². The van der Waals surface area contributed by atoms with Gasteiger partial charge in [-0.05, 0) is 43.8 Å². The molecule has 0 amide bonds. The topological polar surface area (TPSA) is 64.7 Å². The SMILES string of the molecule is Cc1cc(C)nc(Sc2ccc3cnccc3c2N)n1. The van der Waals surface area contributed by atoms with E-state index in [0.717, 1.165) is 37.9 Å². The van der Waals surface area contributed by atoms with Crippen LogP contribution in [0.25, 0.3) is 10.8 Å². The van der Waals surface area contributed by atoms with Crippen molar-refractivity contribution in [2.45, 2.75) is 23.9 Å². The van der Waals surface area contributed by atoms with Crippen LogP contribution in [0.4, 0.5) is 5.69 Å². The molecule has 3 aromatic rings. The summed E-state index contributed by atoms with van der Waals surface area (Å²) in [5.41, 5.74) is 8.91. The summed E-state index contributed by atoms with van der Waals surface area (Å²) < 4.78 is 0. The van der Waals surface area contributed by atoms with Gasteiger partial charge >= 0.3 is 0 Å². The maximum Gasteiger partial charge on any atom is 0.192 e. The largest absolute Gasteiger partial charge is 0.397 e. The van der Waals surface area contributed by atoms with Gasteiger partial charge in [0.25, 0.3) is 0 Å². The first kappa shape index (κ1) is 12.9. The van der Waals surface area contributed by atoms with Crippen LogP contribution in [0.1, 0.15) is 11.4 Å². The number of nitrogen functional groups attached to an aromatic ring is 1. The van der Waals surface area contributed by atoms with Gasteiger partial charge in [-0.3, -0.25) is 4.98 Å². The van der Waals surface area contributed by atoms with E-state index in [1.165, 1.54) is 11.8 Å². The number of nitrogens with zero attached hydrogens (tertiary/aromatic N) is 3. The van der Waals surface area contributed by atoms with Gasteiger partial charge in [-0.15, -0.1) is 0 Å². The molecule has 0 aliphatic carbocycles. The molecular weight excluding hydrogens is 268 g/mol. The van der Waals surface area contributed by atoms with Crippen molar-refractivity contribution in [3.8, 4) is 0 Å². The molecule has 100 valence electrons.